The van der Waals surface area contributed by atoms with E-state index in [1.807, 2.05) is 0 Å². The van der Waals surface area contributed by atoms with E-state index in [0.29, 0.717) is 23.1 Å². The lowest BCUT2D eigenvalue weighted by Crippen LogP contribution is -2.27. The molecule has 7 nitrogen and oxygen atoms in total. The van der Waals surface area contributed by atoms with Gasteiger partial charge < -0.3 is 20.1 Å². The number of rotatable bonds is 5. The van der Waals surface area contributed by atoms with Gasteiger partial charge in [-0.2, -0.15) is 4.98 Å². The zero-order chi connectivity index (χ0) is 21.9. The maximum absolute atomic E-state index is 13.5. The fourth-order valence-electron chi connectivity index (χ4n) is 3.83. The molecule has 162 valence electrons. The van der Waals surface area contributed by atoms with Crippen LogP contribution in [0.15, 0.2) is 60.8 Å². The number of phenols is 1. The number of H-pyrrole nitrogens is 1. The van der Waals surface area contributed by atoms with Gasteiger partial charge in [-0.15, -0.1) is 0 Å². The molecule has 1 saturated heterocycles. The van der Waals surface area contributed by atoms with Crippen LogP contribution < -0.4 is 10.1 Å². The van der Waals surface area contributed by atoms with Crippen LogP contribution in [0.25, 0.3) is 22.6 Å². The van der Waals surface area contributed by atoms with Crippen molar-refractivity contribution in [3.63, 3.8) is 0 Å². The summed E-state index contributed by atoms with van der Waals surface area (Å²) in [7, 11) is 0. The summed E-state index contributed by atoms with van der Waals surface area (Å²) in [4.78, 5) is 17.1. The Hall–Kier alpha value is -3.78. The molecular weight excluding hydrogens is 409 g/mol. The zero-order valence-corrected chi connectivity index (χ0v) is 17.3. The number of nitrogens with zero attached hydrogens (tertiary/aromatic N) is 3. The van der Waals surface area contributed by atoms with E-state index in [2.05, 4.69) is 20.3 Å². The van der Waals surface area contributed by atoms with Crippen LogP contribution in [0.4, 0.5) is 4.39 Å². The molecule has 1 aliphatic heterocycles. The molecule has 0 radical (unpaired) electrons. The molecule has 0 saturated carbocycles. The van der Waals surface area contributed by atoms with Gasteiger partial charge in [0.2, 0.25) is 0 Å². The van der Waals surface area contributed by atoms with E-state index in [-0.39, 0.29) is 17.6 Å². The highest BCUT2D eigenvalue weighted by Gasteiger charge is 2.23. The third-order valence-corrected chi connectivity index (χ3v) is 5.50. The van der Waals surface area contributed by atoms with Gasteiger partial charge in [0.25, 0.3) is 0 Å². The van der Waals surface area contributed by atoms with Crippen molar-refractivity contribution in [1.29, 1.82) is 0 Å². The average molecular weight is 431 g/mol. The number of hydrogen-bond donors (Lipinski definition) is 3. The standard InChI is InChI=1S/C24H22FN5O2/c25-17-3-1-15(2-4-17)21-22(30-23(29-21)16-9-12-26-13-10-16)20-11-14-27-24(28-20)32-19-7-5-18(31)6-8-19/h1-8,11,14,16,26,31H,9-10,12-13H2,(H,29,30). The van der Waals surface area contributed by atoms with Crippen molar-refractivity contribution in [2.75, 3.05) is 13.1 Å². The van der Waals surface area contributed by atoms with E-state index in [9.17, 15) is 9.50 Å². The highest BCUT2D eigenvalue weighted by atomic mass is 19.1. The number of halogens is 1. The number of ether oxygens (including phenoxy) is 1. The zero-order valence-electron chi connectivity index (χ0n) is 17.3. The van der Waals surface area contributed by atoms with Crippen LogP contribution in [0, 0.1) is 5.82 Å². The molecular formula is C24H22FN5O2. The lowest BCUT2D eigenvalue weighted by molar-refractivity contribution is 0.438. The number of aromatic amines is 1. The molecule has 0 atom stereocenters. The van der Waals surface area contributed by atoms with Crippen LogP contribution in [0.5, 0.6) is 17.5 Å². The molecule has 32 heavy (non-hydrogen) atoms. The molecule has 5 rings (SSSR count). The minimum Gasteiger partial charge on any atom is -0.508 e. The second-order valence-electron chi connectivity index (χ2n) is 7.70. The fraction of sp³-hybridized carbons (Fsp3) is 0.208. The number of phenolic OH excluding ortho intramolecular Hbond substituents is 1. The quantitative estimate of drug-likeness (QED) is 0.426. The third-order valence-electron chi connectivity index (χ3n) is 5.50. The first kappa shape index (κ1) is 20.1. The van der Waals surface area contributed by atoms with Crippen LogP contribution in [0.2, 0.25) is 0 Å². The van der Waals surface area contributed by atoms with Crippen molar-refractivity contribution in [3.05, 3.63) is 72.4 Å². The van der Waals surface area contributed by atoms with E-state index in [1.54, 1.807) is 36.5 Å². The Labute approximate surface area is 184 Å². The van der Waals surface area contributed by atoms with Crippen LogP contribution in [0.3, 0.4) is 0 Å². The number of hydrogen-bond acceptors (Lipinski definition) is 6. The summed E-state index contributed by atoms with van der Waals surface area (Å²) >= 11 is 0. The smallest absolute Gasteiger partial charge is 0.322 e. The van der Waals surface area contributed by atoms with Gasteiger partial charge in [-0.05, 0) is 80.5 Å². The maximum atomic E-state index is 13.5. The van der Waals surface area contributed by atoms with Crippen LogP contribution in [0.1, 0.15) is 24.6 Å². The van der Waals surface area contributed by atoms with E-state index in [0.717, 1.165) is 43.0 Å². The number of imidazole rings is 1. The molecule has 0 spiro atoms. The second kappa shape index (κ2) is 8.76. The van der Waals surface area contributed by atoms with Gasteiger partial charge in [-0.1, -0.05) is 0 Å². The van der Waals surface area contributed by atoms with Gasteiger partial charge in [0, 0.05) is 17.7 Å². The minimum atomic E-state index is -0.295. The van der Waals surface area contributed by atoms with Crippen LogP contribution in [-0.2, 0) is 0 Å². The Balaban J connectivity index is 1.53. The number of aromatic hydroxyl groups is 1. The summed E-state index contributed by atoms with van der Waals surface area (Å²) < 4.78 is 19.3. The third kappa shape index (κ3) is 4.31. The monoisotopic (exact) mass is 431 g/mol. The number of nitrogens with one attached hydrogen (secondary N) is 2. The summed E-state index contributed by atoms with van der Waals surface area (Å²) in [5, 5.41) is 12.8. The van der Waals surface area contributed by atoms with Crippen LogP contribution >= 0.6 is 0 Å². The van der Waals surface area contributed by atoms with Gasteiger partial charge in [-0.25, -0.2) is 14.4 Å². The van der Waals surface area contributed by atoms with Gasteiger partial charge in [-0.3, -0.25) is 0 Å². The molecule has 3 heterocycles. The van der Waals surface area contributed by atoms with Gasteiger partial charge in [0.1, 0.15) is 23.1 Å². The van der Waals surface area contributed by atoms with Crippen LogP contribution in [-0.4, -0.2) is 38.1 Å². The number of piperidine rings is 1. The highest BCUT2D eigenvalue weighted by Crippen LogP contribution is 2.34. The topological polar surface area (TPSA) is 96.0 Å². The first-order chi connectivity index (χ1) is 15.7. The molecule has 0 unspecified atom stereocenters. The highest BCUT2D eigenvalue weighted by molar-refractivity contribution is 5.76. The van der Waals surface area contributed by atoms with E-state index in [1.165, 1.54) is 24.3 Å². The van der Waals surface area contributed by atoms with E-state index >= 15 is 0 Å². The molecule has 8 heteroatoms. The predicted octanol–water partition coefficient (Wildman–Crippen LogP) is 4.64. The lowest BCUT2D eigenvalue weighted by atomic mass is 9.98. The molecule has 0 aliphatic carbocycles. The largest absolute Gasteiger partial charge is 0.508 e. The summed E-state index contributed by atoms with van der Waals surface area (Å²) in [5.74, 6) is 1.59. The lowest BCUT2D eigenvalue weighted by Gasteiger charge is -2.20. The first-order valence-electron chi connectivity index (χ1n) is 10.5. The molecule has 0 amide bonds. The van der Waals surface area contributed by atoms with Crippen molar-refractivity contribution in [2.24, 2.45) is 0 Å². The molecule has 0 bridgehead atoms. The molecule has 1 fully saturated rings. The summed E-state index contributed by atoms with van der Waals surface area (Å²) in [6.45, 7) is 1.90. The molecule has 2 aromatic heterocycles. The minimum absolute atomic E-state index is 0.152. The molecule has 1 aliphatic rings. The van der Waals surface area contributed by atoms with Crippen molar-refractivity contribution in [1.82, 2.24) is 25.3 Å². The molecule has 3 N–H and O–H groups in total. The maximum Gasteiger partial charge on any atom is 0.322 e. The summed E-state index contributed by atoms with van der Waals surface area (Å²) in [6, 6.07) is 14.6. The first-order valence-corrected chi connectivity index (χ1v) is 10.5. The Morgan fingerprint density at radius 3 is 2.44 bits per heavy atom. The Kier molecular flexibility index (Phi) is 5.51. The van der Waals surface area contributed by atoms with Crippen molar-refractivity contribution in [2.45, 2.75) is 18.8 Å². The van der Waals surface area contributed by atoms with Gasteiger partial charge >= 0.3 is 6.01 Å². The summed E-state index contributed by atoms with van der Waals surface area (Å²) in [6.07, 6.45) is 3.61. The molecule has 4 aromatic rings. The van der Waals surface area contributed by atoms with Crippen molar-refractivity contribution >= 4 is 0 Å². The number of benzene rings is 2. The Morgan fingerprint density at radius 2 is 1.69 bits per heavy atom. The Morgan fingerprint density at radius 1 is 0.938 bits per heavy atom. The predicted molar refractivity (Wildman–Crippen MR) is 118 cm³/mol. The fourth-order valence-corrected chi connectivity index (χ4v) is 3.83. The van der Waals surface area contributed by atoms with Crippen molar-refractivity contribution in [3.8, 4) is 40.2 Å². The second-order valence-corrected chi connectivity index (χ2v) is 7.70. The average Bonchev–Trinajstić information content (AvgIpc) is 3.27. The molecule has 2 aromatic carbocycles. The van der Waals surface area contributed by atoms with Gasteiger partial charge in [0.15, 0.2) is 0 Å². The number of aromatic nitrogens is 4. The Bertz CT molecular complexity index is 1200. The summed E-state index contributed by atoms with van der Waals surface area (Å²) in [5.41, 5.74) is 2.88. The van der Waals surface area contributed by atoms with Crippen molar-refractivity contribution < 1.29 is 14.2 Å². The van der Waals surface area contributed by atoms with E-state index in [4.69, 9.17) is 9.72 Å². The van der Waals surface area contributed by atoms with Gasteiger partial charge in [0.05, 0.1) is 17.1 Å². The SMILES string of the molecule is Oc1ccc(Oc2nccc(-c3[nH]c(C4CCNCC4)nc3-c3ccc(F)cc3)n2)cc1. The van der Waals surface area contributed by atoms with E-state index < -0.39 is 0 Å². The normalized spacial score (nSPS) is 14.4.